The van der Waals surface area contributed by atoms with Gasteiger partial charge in [0.2, 0.25) is 5.91 Å². The van der Waals surface area contributed by atoms with E-state index in [1.54, 1.807) is 32.9 Å². The summed E-state index contributed by atoms with van der Waals surface area (Å²) in [5, 5.41) is 9.37. The lowest BCUT2D eigenvalue weighted by Gasteiger charge is -2.12. The lowest BCUT2D eigenvalue weighted by Crippen LogP contribution is -2.21. The van der Waals surface area contributed by atoms with Crippen LogP contribution in [0.15, 0.2) is 47.1 Å². The van der Waals surface area contributed by atoms with E-state index in [-0.39, 0.29) is 11.1 Å². The molecule has 0 aliphatic heterocycles. The summed E-state index contributed by atoms with van der Waals surface area (Å²) in [5.41, 5.74) is 7.17. The van der Waals surface area contributed by atoms with E-state index in [9.17, 15) is 14.7 Å². The maximum absolute atomic E-state index is 11.5. The molecule has 1 rings (SSSR count). The van der Waals surface area contributed by atoms with Gasteiger partial charge in [-0.15, -0.1) is 0 Å². The molecule has 0 radical (unpaired) electrons. The van der Waals surface area contributed by atoms with Crippen molar-refractivity contribution in [2.75, 3.05) is 0 Å². The lowest BCUT2D eigenvalue weighted by atomic mass is 9.93. The van der Waals surface area contributed by atoms with Gasteiger partial charge in [0.05, 0.1) is 11.1 Å². The van der Waals surface area contributed by atoms with Crippen molar-refractivity contribution >= 4 is 17.4 Å². The Bertz CT molecular complexity index is 564. The van der Waals surface area contributed by atoms with Crippen LogP contribution in [0, 0.1) is 0 Å². The average Bonchev–Trinajstić information content (AvgIpc) is 2.34. The van der Waals surface area contributed by atoms with E-state index in [4.69, 9.17) is 5.73 Å². The van der Waals surface area contributed by atoms with Crippen molar-refractivity contribution in [3.8, 4) is 0 Å². The van der Waals surface area contributed by atoms with E-state index in [2.05, 4.69) is 0 Å². The topological polar surface area (TPSA) is 80.4 Å². The predicted octanol–water partition coefficient (Wildman–Crippen LogP) is 2.37. The number of nitrogens with two attached hydrogens (primary N) is 1. The number of aliphatic carboxylic acids is 1. The number of benzene rings is 1. The van der Waals surface area contributed by atoms with Crippen LogP contribution >= 0.6 is 0 Å². The van der Waals surface area contributed by atoms with Crippen LogP contribution in [0.4, 0.5) is 0 Å². The maximum atomic E-state index is 11.5. The van der Waals surface area contributed by atoms with E-state index < -0.39 is 11.9 Å². The smallest absolute Gasteiger partial charge is 0.336 e. The predicted molar refractivity (Wildman–Crippen MR) is 74.2 cm³/mol. The third-order valence-corrected chi connectivity index (χ3v) is 2.79. The monoisotopic (exact) mass is 259 g/mol. The quantitative estimate of drug-likeness (QED) is 0.643. The third kappa shape index (κ3) is 3.31. The zero-order chi connectivity index (χ0) is 14.6. The molecule has 0 heterocycles. The van der Waals surface area contributed by atoms with Gasteiger partial charge in [-0.05, 0) is 31.9 Å². The normalized spacial score (nSPS) is 11.5. The van der Waals surface area contributed by atoms with Crippen molar-refractivity contribution in [1.82, 2.24) is 0 Å². The van der Waals surface area contributed by atoms with Gasteiger partial charge < -0.3 is 10.8 Å². The number of carboxylic acid groups (broad SMARTS) is 1. The molecule has 4 nitrogen and oxygen atoms in total. The second-order valence-electron chi connectivity index (χ2n) is 4.41. The number of hydrogen-bond acceptors (Lipinski definition) is 2. The zero-order valence-electron chi connectivity index (χ0n) is 11.2. The summed E-state index contributed by atoms with van der Waals surface area (Å²) in [6.45, 7) is 5.01. The molecule has 0 saturated heterocycles. The van der Waals surface area contributed by atoms with Crippen LogP contribution in [0.1, 0.15) is 26.3 Å². The van der Waals surface area contributed by atoms with Crippen molar-refractivity contribution in [3.63, 3.8) is 0 Å². The SMILES string of the molecule is CC(C)=C(C(N)=O)C(C(=O)O)=C(C)c1ccccc1. The van der Waals surface area contributed by atoms with Crippen LogP contribution in [-0.4, -0.2) is 17.0 Å². The molecule has 0 bridgehead atoms. The van der Waals surface area contributed by atoms with Crippen LogP contribution in [0.3, 0.4) is 0 Å². The highest BCUT2D eigenvalue weighted by atomic mass is 16.4. The summed E-state index contributed by atoms with van der Waals surface area (Å²) < 4.78 is 0. The largest absolute Gasteiger partial charge is 0.478 e. The molecule has 0 atom stereocenters. The van der Waals surface area contributed by atoms with Crippen molar-refractivity contribution in [3.05, 3.63) is 52.6 Å². The molecule has 0 aliphatic rings. The van der Waals surface area contributed by atoms with E-state index in [0.29, 0.717) is 11.1 Å². The van der Waals surface area contributed by atoms with Crippen molar-refractivity contribution in [2.24, 2.45) is 5.73 Å². The summed E-state index contributed by atoms with van der Waals surface area (Å²) in [5.74, 6) is -1.89. The molecule has 1 aromatic carbocycles. The first-order chi connectivity index (χ1) is 8.86. The molecule has 0 spiro atoms. The number of carbonyl (C=O) groups is 2. The molecule has 0 saturated carbocycles. The number of allylic oxidation sites excluding steroid dienone is 2. The van der Waals surface area contributed by atoms with E-state index in [1.807, 2.05) is 18.2 Å². The minimum Gasteiger partial charge on any atom is -0.478 e. The fraction of sp³-hybridized carbons (Fsp3) is 0.200. The molecular weight excluding hydrogens is 242 g/mol. The van der Waals surface area contributed by atoms with Gasteiger partial charge in [-0.1, -0.05) is 35.9 Å². The molecule has 1 amide bonds. The summed E-state index contributed by atoms with van der Waals surface area (Å²) in [4.78, 5) is 23.0. The van der Waals surface area contributed by atoms with Gasteiger partial charge >= 0.3 is 5.97 Å². The van der Waals surface area contributed by atoms with Gasteiger partial charge in [0.15, 0.2) is 0 Å². The first kappa shape index (κ1) is 14.7. The molecule has 4 heteroatoms. The summed E-state index contributed by atoms with van der Waals surface area (Å²) >= 11 is 0. The zero-order valence-corrected chi connectivity index (χ0v) is 11.2. The molecular formula is C15H17NO3. The first-order valence-electron chi connectivity index (χ1n) is 5.83. The Labute approximate surface area is 112 Å². The minimum absolute atomic E-state index is 0.0429. The van der Waals surface area contributed by atoms with Crippen molar-refractivity contribution in [2.45, 2.75) is 20.8 Å². The molecule has 3 N–H and O–H groups in total. The number of carboxylic acids is 1. The fourth-order valence-electron chi connectivity index (χ4n) is 1.91. The molecule has 0 aliphatic carbocycles. The van der Waals surface area contributed by atoms with Gasteiger partial charge in [-0.2, -0.15) is 0 Å². The highest BCUT2D eigenvalue weighted by Gasteiger charge is 2.22. The van der Waals surface area contributed by atoms with Crippen molar-refractivity contribution < 1.29 is 14.7 Å². The van der Waals surface area contributed by atoms with Crippen molar-refractivity contribution in [1.29, 1.82) is 0 Å². The molecule has 0 aromatic heterocycles. The number of amides is 1. The highest BCUT2D eigenvalue weighted by molar-refractivity contribution is 6.12. The van der Waals surface area contributed by atoms with Gasteiger partial charge in [0.1, 0.15) is 0 Å². The molecule has 100 valence electrons. The second kappa shape index (κ2) is 6.00. The Balaban J connectivity index is 3.57. The lowest BCUT2D eigenvalue weighted by molar-refractivity contribution is -0.132. The Morgan fingerprint density at radius 1 is 1.00 bits per heavy atom. The number of rotatable bonds is 4. The minimum atomic E-state index is -1.16. The first-order valence-corrected chi connectivity index (χ1v) is 5.83. The Morgan fingerprint density at radius 2 is 1.53 bits per heavy atom. The average molecular weight is 259 g/mol. The Kier molecular flexibility index (Phi) is 4.64. The number of primary amides is 1. The van der Waals surface area contributed by atoms with E-state index in [0.717, 1.165) is 5.56 Å². The fourth-order valence-corrected chi connectivity index (χ4v) is 1.91. The van der Waals surface area contributed by atoms with Crippen LogP contribution in [-0.2, 0) is 9.59 Å². The Hall–Kier alpha value is -2.36. The van der Waals surface area contributed by atoms with Crippen LogP contribution < -0.4 is 5.73 Å². The third-order valence-electron chi connectivity index (χ3n) is 2.79. The molecule has 19 heavy (non-hydrogen) atoms. The van der Waals surface area contributed by atoms with Crippen LogP contribution in [0.25, 0.3) is 5.57 Å². The summed E-state index contributed by atoms with van der Waals surface area (Å²) in [6, 6.07) is 9.05. The number of hydrogen-bond donors (Lipinski definition) is 2. The van der Waals surface area contributed by atoms with Gasteiger partial charge in [-0.25, -0.2) is 4.79 Å². The number of carbonyl (C=O) groups excluding carboxylic acids is 1. The van der Waals surface area contributed by atoms with Crippen LogP contribution in [0.5, 0.6) is 0 Å². The Morgan fingerprint density at radius 3 is 1.89 bits per heavy atom. The highest BCUT2D eigenvalue weighted by Crippen LogP contribution is 2.25. The molecule has 0 unspecified atom stereocenters. The van der Waals surface area contributed by atoms with Gasteiger partial charge in [0, 0.05) is 0 Å². The second-order valence-corrected chi connectivity index (χ2v) is 4.41. The summed E-state index contributed by atoms with van der Waals surface area (Å²) in [6.07, 6.45) is 0. The van der Waals surface area contributed by atoms with Gasteiger partial charge in [-0.3, -0.25) is 4.79 Å². The molecule has 0 fully saturated rings. The van der Waals surface area contributed by atoms with Gasteiger partial charge in [0.25, 0.3) is 0 Å². The van der Waals surface area contributed by atoms with Crippen LogP contribution in [0.2, 0.25) is 0 Å². The van der Waals surface area contributed by atoms with E-state index >= 15 is 0 Å². The van der Waals surface area contributed by atoms with E-state index in [1.165, 1.54) is 0 Å². The summed E-state index contributed by atoms with van der Waals surface area (Å²) in [7, 11) is 0. The molecule has 1 aromatic rings. The maximum Gasteiger partial charge on any atom is 0.336 e. The standard InChI is InChI=1S/C15H17NO3/c1-9(2)12(14(16)17)13(15(18)19)10(3)11-7-5-4-6-8-11/h4-8H,1-3H3,(H2,16,17)(H,18,19).